The number of nitrogens with zero attached hydrogens (tertiary/aromatic N) is 7. The summed E-state index contributed by atoms with van der Waals surface area (Å²) in [7, 11) is 1.75. The quantitative estimate of drug-likeness (QED) is 0.713. The molecule has 0 amide bonds. The predicted octanol–water partition coefficient (Wildman–Crippen LogP) is 1.64. The number of rotatable bonds is 3. The number of aryl methyl sites for hydroxylation is 1. The summed E-state index contributed by atoms with van der Waals surface area (Å²) in [6.45, 7) is 1.79. The molecule has 0 radical (unpaired) electrons. The van der Waals surface area contributed by atoms with E-state index in [0.717, 1.165) is 61.3 Å². The van der Waals surface area contributed by atoms with E-state index in [1.807, 2.05) is 10.6 Å². The minimum atomic E-state index is 0.0271. The Labute approximate surface area is 150 Å². The van der Waals surface area contributed by atoms with Gasteiger partial charge in [-0.15, -0.1) is 0 Å². The van der Waals surface area contributed by atoms with Gasteiger partial charge in [0.2, 0.25) is 0 Å². The summed E-state index contributed by atoms with van der Waals surface area (Å²) in [5.41, 5.74) is 0.895. The zero-order chi connectivity index (χ0) is 17.7. The van der Waals surface area contributed by atoms with E-state index in [1.54, 1.807) is 25.8 Å². The maximum Gasteiger partial charge on any atom is 0.345 e. The number of piperidine rings is 1. The molecule has 134 valence electrons. The Balaban J connectivity index is 1.40. The molecule has 8 nitrogen and oxygen atoms in total. The highest BCUT2D eigenvalue weighted by molar-refractivity contribution is 5.88. The molecule has 4 heterocycles. The summed E-state index contributed by atoms with van der Waals surface area (Å²) >= 11 is 0. The van der Waals surface area contributed by atoms with Crippen LogP contribution in [0.25, 0.3) is 10.9 Å². The maximum atomic E-state index is 12.4. The second kappa shape index (κ2) is 5.89. The minimum absolute atomic E-state index is 0.0271. The number of hydrogen-bond acceptors (Lipinski definition) is 6. The van der Waals surface area contributed by atoms with Gasteiger partial charge in [0.25, 0.3) is 0 Å². The Morgan fingerprint density at radius 3 is 2.69 bits per heavy atom. The van der Waals surface area contributed by atoms with Crippen LogP contribution in [0.2, 0.25) is 0 Å². The van der Waals surface area contributed by atoms with Gasteiger partial charge in [0.15, 0.2) is 0 Å². The van der Waals surface area contributed by atoms with Crippen molar-refractivity contribution in [1.82, 2.24) is 29.3 Å². The Morgan fingerprint density at radius 2 is 1.92 bits per heavy atom. The molecule has 0 spiro atoms. The van der Waals surface area contributed by atoms with E-state index in [-0.39, 0.29) is 5.69 Å². The molecule has 2 aliphatic rings. The van der Waals surface area contributed by atoms with Crippen molar-refractivity contribution in [2.24, 2.45) is 7.05 Å². The van der Waals surface area contributed by atoms with E-state index < -0.39 is 0 Å². The van der Waals surface area contributed by atoms with E-state index in [9.17, 15) is 4.79 Å². The first-order chi connectivity index (χ1) is 12.7. The molecule has 0 bridgehead atoms. The van der Waals surface area contributed by atoms with Crippen LogP contribution in [0.5, 0.6) is 0 Å². The van der Waals surface area contributed by atoms with E-state index in [4.69, 9.17) is 0 Å². The third-order valence-electron chi connectivity index (χ3n) is 5.47. The lowest BCUT2D eigenvalue weighted by atomic mass is 9.95. The van der Waals surface area contributed by atoms with Gasteiger partial charge >= 0.3 is 5.69 Å². The van der Waals surface area contributed by atoms with Crippen LogP contribution in [0.4, 0.5) is 5.82 Å². The highest BCUT2D eigenvalue weighted by Crippen LogP contribution is 2.38. The van der Waals surface area contributed by atoms with Gasteiger partial charge in [0, 0.05) is 43.7 Å². The molecule has 0 unspecified atom stereocenters. The normalized spacial score (nSPS) is 18.6. The lowest BCUT2D eigenvalue weighted by Crippen LogP contribution is -2.35. The minimum Gasteiger partial charge on any atom is -0.356 e. The van der Waals surface area contributed by atoms with Crippen molar-refractivity contribution >= 4 is 16.7 Å². The van der Waals surface area contributed by atoms with Crippen molar-refractivity contribution in [2.45, 2.75) is 37.6 Å². The van der Waals surface area contributed by atoms with Crippen LogP contribution in [-0.2, 0) is 7.05 Å². The van der Waals surface area contributed by atoms with Crippen LogP contribution in [-0.4, -0.2) is 42.4 Å². The van der Waals surface area contributed by atoms with Gasteiger partial charge < -0.3 is 4.90 Å². The van der Waals surface area contributed by atoms with Crippen LogP contribution in [0.15, 0.2) is 29.6 Å². The topological polar surface area (TPSA) is 81.7 Å². The average molecular weight is 351 g/mol. The first kappa shape index (κ1) is 15.5. The highest BCUT2D eigenvalue weighted by Gasteiger charge is 2.33. The van der Waals surface area contributed by atoms with Crippen molar-refractivity contribution < 1.29 is 0 Å². The molecular weight excluding hydrogens is 330 g/mol. The van der Waals surface area contributed by atoms with Crippen molar-refractivity contribution in [2.75, 3.05) is 18.0 Å². The van der Waals surface area contributed by atoms with Crippen molar-refractivity contribution in [1.29, 1.82) is 0 Å². The van der Waals surface area contributed by atoms with Crippen molar-refractivity contribution in [3.63, 3.8) is 0 Å². The molecule has 2 fully saturated rings. The Hall–Kier alpha value is -2.77. The van der Waals surface area contributed by atoms with Crippen LogP contribution in [0.3, 0.4) is 0 Å². The van der Waals surface area contributed by atoms with Gasteiger partial charge in [-0.2, -0.15) is 5.10 Å². The lowest BCUT2D eigenvalue weighted by molar-refractivity contribution is 0.461. The molecule has 8 heteroatoms. The lowest BCUT2D eigenvalue weighted by Gasteiger charge is -2.32. The third kappa shape index (κ3) is 2.48. The number of hydrogen-bond donors (Lipinski definition) is 0. The van der Waals surface area contributed by atoms with Crippen LogP contribution < -0.4 is 10.6 Å². The molecular formula is C18H21N7O. The number of aromatic nitrogens is 6. The molecule has 1 aliphatic carbocycles. The smallest absolute Gasteiger partial charge is 0.345 e. The number of fused-ring (bicyclic) bond motifs is 1. The fraction of sp³-hybridized carbons (Fsp3) is 0.500. The average Bonchev–Trinajstić information content (AvgIpc) is 3.47. The van der Waals surface area contributed by atoms with Crippen molar-refractivity contribution in [3.8, 4) is 0 Å². The molecule has 1 saturated carbocycles. The van der Waals surface area contributed by atoms with Gasteiger partial charge in [0.05, 0.1) is 11.7 Å². The van der Waals surface area contributed by atoms with Gasteiger partial charge in [0.1, 0.15) is 18.0 Å². The van der Waals surface area contributed by atoms with Crippen LogP contribution >= 0.6 is 0 Å². The van der Waals surface area contributed by atoms with Crippen LogP contribution in [0.1, 0.15) is 43.5 Å². The zero-order valence-corrected chi connectivity index (χ0v) is 14.7. The Morgan fingerprint density at radius 1 is 1.12 bits per heavy atom. The zero-order valence-electron chi connectivity index (χ0n) is 14.7. The van der Waals surface area contributed by atoms with Gasteiger partial charge in [-0.3, -0.25) is 9.55 Å². The molecule has 26 heavy (non-hydrogen) atoms. The Bertz CT molecular complexity index is 1010. The molecule has 0 N–H and O–H groups in total. The molecule has 0 aromatic carbocycles. The predicted molar refractivity (Wildman–Crippen MR) is 97.3 cm³/mol. The fourth-order valence-corrected chi connectivity index (χ4v) is 3.95. The van der Waals surface area contributed by atoms with E-state index >= 15 is 0 Å². The first-order valence-corrected chi connectivity index (χ1v) is 9.17. The summed E-state index contributed by atoms with van der Waals surface area (Å²) in [4.78, 5) is 27.6. The highest BCUT2D eigenvalue weighted by atomic mass is 16.2. The molecule has 3 aromatic heterocycles. The second-order valence-electron chi connectivity index (χ2n) is 7.22. The van der Waals surface area contributed by atoms with Crippen LogP contribution in [0, 0.1) is 0 Å². The standard InChI is InChI=1S/C18H21N7O/c1-23-18(26)25(13-2-3-13)16(22-23)12-5-8-24(9-6-12)17-14-4-7-19-10-15(14)20-11-21-17/h4,7,10-13H,2-3,5-6,8-9H2,1H3. The monoisotopic (exact) mass is 351 g/mol. The first-order valence-electron chi connectivity index (χ1n) is 9.17. The van der Waals surface area contributed by atoms with E-state index in [0.29, 0.717) is 12.0 Å². The summed E-state index contributed by atoms with van der Waals surface area (Å²) in [6.07, 6.45) is 9.30. The van der Waals surface area contributed by atoms with E-state index in [1.165, 1.54) is 4.68 Å². The second-order valence-corrected chi connectivity index (χ2v) is 7.22. The maximum absolute atomic E-state index is 12.4. The molecule has 3 aromatic rings. The summed E-state index contributed by atoms with van der Waals surface area (Å²) in [5, 5.41) is 5.59. The molecule has 1 saturated heterocycles. The number of anilines is 1. The van der Waals surface area contributed by atoms with E-state index in [2.05, 4.69) is 25.0 Å². The Kier molecular flexibility index (Phi) is 3.51. The fourth-order valence-electron chi connectivity index (χ4n) is 3.95. The molecule has 5 rings (SSSR count). The van der Waals surface area contributed by atoms with Crippen molar-refractivity contribution in [3.05, 3.63) is 41.1 Å². The van der Waals surface area contributed by atoms with Gasteiger partial charge in [-0.05, 0) is 31.7 Å². The molecule has 0 atom stereocenters. The van der Waals surface area contributed by atoms with Gasteiger partial charge in [-0.25, -0.2) is 19.4 Å². The number of pyridine rings is 1. The molecule has 1 aliphatic heterocycles. The van der Waals surface area contributed by atoms with Gasteiger partial charge in [-0.1, -0.05) is 0 Å². The summed E-state index contributed by atoms with van der Waals surface area (Å²) in [5.74, 6) is 2.27. The summed E-state index contributed by atoms with van der Waals surface area (Å²) in [6, 6.07) is 2.34. The SMILES string of the molecule is Cn1nc(C2CCN(c3ncnc4cnccc34)CC2)n(C2CC2)c1=O. The third-order valence-corrected chi connectivity index (χ3v) is 5.47. The largest absolute Gasteiger partial charge is 0.356 e. The summed E-state index contributed by atoms with van der Waals surface area (Å²) < 4.78 is 3.43.